The van der Waals surface area contributed by atoms with Gasteiger partial charge in [-0.25, -0.2) is 0 Å². The first kappa shape index (κ1) is 21.8. The van der Waals surface area contributed by atoms with Gasteiger partial charge in [-0.05, 0) is 55.5 Å². The summed E-state index contributed by atoms with van der Waals surface area (Å²) in [7, 11) is 5.84. The Morgan fingerprint density at radius 2 is 1.90 bits per heavy atom. The summed E-state index contributed by atoms with van der Waals surface area (Å²) in [4.78, 5) is 19.0. The molecule has 7 heteroatoms. The van der Waals surface area contributed by atoms with E-state index in [4.69, 9.17) is 17.0 Å². The lowest BCUT2D eigenvalue weighted by molar-refractivity contribution is -0.857. The second-order valence-corrected chi connectivity index (χ2v) is 8.14. The molecular formula is C23H29N4O2S+. The van der Waals surface area contributed by atoms with Crippen molar-refractivity contribution in [2.75, 3.05) is 39.6 Å². The fourth-order valence-electron chi connectivity index (χ4n) is 3.13. The number of nitrogens with zero attached hydrogens (tertiary/aromatic N) is 1. The van der Waals surface area contributed by atoms with Gasteiger partial charge >= 0.3 is 0 Å². The Kier molecular flexibility index (Phi) is 7.07. The topological polar surface area (TPSA) is 61.8 Å². The number of hydrogen-bond donors (Lipinski definition) is 3. The molecule has 0 unspecified atom stereocenters. The van der Waals surface area contributed by atoms with Crippen molar-refractivity contribution in [3.8, 4) is 5.75 Å². The number of thiocarbonyl (C=S) groups is 1. The minimum absolute atomic E-state index is 0.104. The molecule has 0 aliphatic carbocycles. The quantitative estimate of drug-likeness (QED) is 0.507. The summed E-state index contributed by atoms with van der Waals surface area (Å²) in [5.41, 5.74) is 3.47. The van der Waals surface area contributed by atoms with Crippen LogP contribution in [-0.2, 0) is 6.54 Å². The molecule has 0 atom stereocenters. The monoisotopic (exact) mass is 425 g/mol. The van der Waals surface area contributed by atoms with Gasteiger partial charge in [0.25, 0.3) is 5.56 Å². The van der Waals surface area contributed by atoms with Gasteiger partial charge in [-0.3, -0.25) is 4.79 Å². The third-order valence-corrected chi connectivity index (χ3v) is 5.32. The van der Waals surface area contributed by atoms with Crippen LogP contribution in [0.15, 0.2) is 53.3 Å². The van der Waals surface area contributed by atoms with Gasteiger partial charge in [0.2, 0.25) is 0 Å². The zero-order valence-corrected chi connectivity index (χ0v) is 18.7. The molecule has 6 nitrogen and oxygen atoms in total. The number of anilines is 1. The number of likely N-dealkylation sites (N-methyl/N-ethyl adjacent to an activating group) is 1. The Morgan fingerprint density at radius 3 is 2.57 bits per heavy atom. The van der Waals surface area contributed by atoms with E-state index in [1.165, 1.54) is 10.5 Å². The van der Waals surface area contributed by atoms with Crippen LogP contribution >= 0.6 is 12.2 Å². The van der Waals surface area contributed by atoms with Crippen molar-refractivity contribution in [3.05, 3.63) is 70.0 Å². The van der Waals surface area contributed by atoms with Crippen LogP contribution in [0.5, 0.6) is 5.75 Å². The van der Waals surface area contributed by atoms with Gasteiger partial charge in [-0.15, -0.1) is 0 Å². The molecule has 0 saturated carbocycles. The Bertz CT molecular complexity index is 1080. The number of rotatable bonds is 7. The number of aromatic nitrogens is 1. The van der Waals surface area contributed by atoms with Gasteiger partial charge in [0.05, 0.1) is 40.8 Å². The van der Waals surface area contributed by atoms with Crippen LogP contribution in [0.4, 0.5) is 5.69 Å². The number of fused-ring (bicyclic) bond motifs is 1. The van der Waals surface area contributed by atoms with E-state index in [2.05, 4.69) is 31.3 Å². The second-order valence-electron chi connectivity index (χ2n) is 7.75. The Morgan fingerprint density at radius 1 is 1.17 bits per heavy atom. The number of quaternary nitrogens is 1. The molecule has 3 N–H and O–H groups in total. The average molecular weight is 426 g/mol. The number of aryl methyl sites for hydroxylation is 1. The maximum absolute atomic E-state index is 12.7. The molecule has 0 spiro atoms. The summed E-state index contributed by atoms with van der Waals surface area (Å²) in [5, 5.41) is 4.84. The van der Waals surface area contributed by atoms with Gasteiger partial charge in [0, 0.05) is 22.2 Å². The molecule has 1 heterocycles. The summed E-state index contributed by atoms with van der Waals surface area (Å²) in [6, 6.07) is 15.6. The zero-order valence-electron chi connectivity index (χ0n) is 17.9. The fraction of sp³-hybridized carbons (Fsp3) is 0.304. The minimum atomic E-state index is -0.104. The van der Waals surface area contributed by atoms with Crippen molar-refractivity contribution in [1.82, 2.24) is 9.88 Å². The van der Waals surface area contributed by atoms with Crippen LogP contribution in [-0.4, -0.2) is 49.3 Å². The standard InChI is InChI=1S/C23H28N4O2S/c1-16-5-7-19(8-6-16)24-23(30)27(12-11-26(2)3)15-18-13-17-14-20(29-4)9-10-21(17)25-22(18)28/h5-10,13-14H,11-12,15H2,1-4H3,(H,24,30)(H,25,28)/p+1. The summed E-state index contributed by atoms with van der Waals surface area (Å²) >= 11 is 5.69. The van der Waals surface area contributed by atoms with Crippen molar-refractivity contribution in [2.24, 2.45) is 0 Å². The van der Waals surface area contributed by atoms with Crippen molar-refractivity contribution in [1.29, 1.82) is 0 Å². The van der Waals surface area contributed by atoms with E-state index in [-0.39, 0.29) is 5.56 Å². The highest BCUT2D eigenvalue weighted by atomic mass is 32.1. The minimum Gasteiger partial charge on any atom is -0.497 e. The van der Waals surface area contributed by atoms with Gasteiger partial charge in [0.1, 0.15) is 5.75 Å². The third kappa shape index (κ3) is 5.58. The maximum Gasteiger partial charge on any atom is 0.253 e. The number of pyridine rings is 1. The largest absolute Gasteiger partial charge is 0.497 e. The molecule has 0 amide bonds. The van der Waals surface area contributed by atoms with Crippen molar-refractivity contribution >= 4 is 33.9 Å². The molecule has 1 aromatic heterocycles. The molecule has 0 aliphatic rings. The smallest absolute Gasteiger partial charge is 0.253 e. The normalized spacial score (nSPS) is 11.0. The SMILES string of the molecule is COc1ccc2[nH]c(=O)c(CN(CC[NH+](C)C)C(=S)Nc3ccc(C)cc3)cc2c1. The van der Waals surface area contributed by atoms with Crippen molar-refractivity contribution < 1.29 is 9.64 Å². The van der Waals surface area contributed by atoms with E-state index in [1.807, 2.05) is 53.4 Å². The third-order valence-electron chi connectivity index (χ3n) is 4.96. The van der Waals surface area contributed by atoms with Crippen LogP contribution < -0.4 is 20.5 Å². The zero-order chi connectivity index (χ0) is 21.7. The second kappa shape index (κ2) is 9.73. The molecule has 30 heavy (non-hydrogen) atoms. The number of aromatic amines is 1. The molecule has 0 radical (unpaired) electrons. The van der Waals surface area contributed by atoms with Crippen molar-refractivity contribution in [3.63, 3.8) is 0 Å². The Balaban J connectivity index is 1.86. The predicted molar refractivity (Wildman–Crippen MR) is 127 cm³/mol. The summed E-state index contributed by atoms with van der Waals surface area (Å²) in [6.07, 6.45) is 0. The van der Waals surface area contributed by atoms with Gasteiger partial charge in [-0.1, -0.05) is 17.7 Å². The Labute approximate surface area is 182 Å². The molecule has 2 aromatic carbocycles. The lowest BCUT2D eigenvalue weighted by Crippen LogP contribution is -3.06. The molecule has 0 fully saturated rings. The first-order valence-corrected chi connectivity index (χ1v) is 10.4. The molecule has 0 bridgehead atoms. The number of hydrogen-bond acceptors (Lipinski definition) is 3. The van der Waals surface area contributed by atoms with E-state index >= 15 is 0 Å². The maximum atomic E-state index is 12.7. The summed E-state index contributed by atoms with van der Waals surface area (Å²) < 4.78 is 5.32. The van der Waals surface area contributed by atoms with Gasteiger partial charge in [0.15, 0.2) is 5.11 Å². The van der Waals surface area contributed by atoms with E-state index in [0.29, 0.717) is 17.2 Å². The molecule has 0 saturated heterocycles. The summed E-state index contributed by atoms with van der Waals surface area (Å²) in [5.74, 6) is 0.755. The first-order valence-electron chi connectivity index (χ1n) is 9.97. The van der Waals surface area contributed by atoms with E-state index in [1.54, 1.807) is 7.11 Å². The van der Waals surface area contributed by atoms with Crippen LogP contribution in [0, 0.1) is 6.92 Å². The summed E-state index contributed by atoms with van der Waals surface area (Å²) in [6.45, 7) is 4.10. The molecule has 3 rings (SSSR count). The highest BCUT2D eigenvalue weighted by Crippen LogP contribution is 2.19. The molecular weight excluding hydrogens is 396 g/mol. The highest BCUT2D eigenvalue weighted by molar-refractivity contribution is 7.80. The average Bonchev–Trinajstić information content (AvgIpc) is 2.72. The number of methoxy groups -OCH3 is 1. The van der Waals surface area contributed by atoms with Gasteiger partial charge in [-0.2, -0.15) is 0 Å². The fourth-order valence-corrected chi connectivity index (χ4v) is 3.40. The lowest BCUT2D eigenvalue weighted by atomic mass is 10.1. The van der Waals surface area contributed by atoms with Gasteiger partial charge < -0.3 is 24.8 Å². The lowest BCUT2D eigenvalue weighted by Gasteiger charge is -2.26. The van der Waals surface area contributed by atoms with Crippen LogP contribution in [0.25, 0.3) is 10.9 Å². The van der Waals surface area contributed by atoms with E-state index < -0.39 is 0 Å². The highest BCUT2D eigenvalue weighted by Gasteiger charge is 2.15. The number of H-pyrrole nitrogens is 1. The van der Waals surface area contributed by atoms with E-state index in [0.717, 1.165) is 35.4 Å². The molecule has 3 aromatic rings. The van der Waals surface area contributed by atoms with Crippen LogP contribution in [0.1, 0.15) is 11.1 Å². The van der Waals surface area contributed by atoms with Crippen LogP contribution in [0.2, 0.25) is 0 Å². The molecule has 158 valence electrons. The van der Waals surface area contributed by atoms with E-state index in [9.17, 15) is 4.79 Å². The number of ether oxygens (including phenoxy) is 1. The van der Waals surface area contributed by atoms with Crippen LogP contribution in [0.3, 0.4) is 0 Å². The Hall–Kier alpha value is -2.90. The number of benzene rings is 2. The number of nitrogens with one attached hydrogen (secondary N) is 3. The predicted octanol–water partition coefficient (Wildman–Crippen LogP) is 2.19. The van der Waals surface area contributed by atoms with Crippen molar-refractivity contribution in [2.45, 2.75) is 13.5 Å². The molecule has 0 aliphatic heterocycles. The first-order chi connectivity index (χ1) is 14.4.